The molecule has 25 heavy (non-hydrogen) atoms. The lowest BCUT2D eigenvalue weighted by Gasteiger charge is -2.21. The van der Waals surface area contributed by atoms with Crippen LogP contribution >= 0.6 is 15.9 Å². The van der Waals surface area contributed by atoms with Crippen molar-refractivity contribution in [3.63, 3.8) is 0 Å². The number of halogens is 1. The Bertz CT molecular complexity index is 837. The maximum absolute atomic E-state index is 4.56. The Balaban J connectivity index is 1.93. The van der Waals surface area contributed by atoms with E-state index in [-0.39, 0.29) is 6.04 Å². The van der Waals surface area contributed by atoms with Crippen LogP contribution in [0.25, 0.3) is 0 Å². The summed E-state index contributed by atoms with van der Waals surface area (Å²) in [5.74, 6) is 0. The quantitative estimate of drug-likeness (QED) is 0.599. The van der Waals surface area contributed by atoms with E-state index in [0.717, 1.165) is 28.7 Å². The number of rotatable bonds is 6. The molecule has 1 heterocycles. The molecule has 0 amide bonds. The van der Waals surface area contributed by atoms with Crippen LogP contribution in [0.5, 0.6) is 0 Å². The van der Waals surface area contributed by atoms with Crippen LogP contribution in [0.2, 0.25) is 0 Å². The largest absolute Gasteiger partial charge is 0.375 e. The van der Waals surface area contributed by atoms with E-state index in [2.05, 4.69) is 94.9 Å². The number of hydrogen-bond donors (Lipinski definition) is 1. The van der Waals surface area contributed by atoms with Crippen LogP contribution in [0.1, 0.15) is 35.3 Å². The molecule has 0 bridgehead atoms. The van der Waals surface area contributed by atoms with Crippen LogP contribution in [0.4, 0.5) is 5.69 Å². The molecule has 1 N–H and O–H groups in total. The van der Waals surface area contributed by atoms with Crippen molar-refractivity contribution in [2.24, 2.45) is 7.05 Å². The lowest BCUT2D eigenvalue weighted by Crippen LogP contribution is -2.14. The van der Waals surface area contributed by atoms with Crippen LogP contribution in [-0.2, 0) is 19.9 Å². The predicted molar refractivity (Wildman–Crippen MR) is 108 cm³/mol. The minimum atomic E-state index is 0.189. The van der Waals surface area contributed by atoms with Gasteiger partial charge in [0.05, 0.1) is 17.4 Å². The number of aromatic nitrogens is 2. The van der Waals surface area contributed by atoms with Crippen LogP contribution in [0, 0.1) is 6.92 Å². The average Bonchev–Trinajstić information content (AvgIpc) is 2.96. The minimum Gasteiger partial charge on any atom is -0.375 e. The van der Waals surface area contributed by atoms with Gasteiger partial charge < -0.3 is 5.32 Å². The van der Waals surface area contributed by atoms with Gasteiger partial charge in [-0.05, 0) is 37.0 Å². The highest BCUT2D eigenvalue weighted by molar-refractivity contribution is 9.10. The zero-order valence-electron chi connectivity index (χ0n) is 15.0. The lowest BCUT2D eigenvalue weighted by atomic mass is 9.97. The molecule has 0 saturated carbocycles. The van der Waals surface area contributed by atoms with Gasteiger partial charge in [-0.15, -0.1) is 0 Å². The molecule has 0 aliphatic heterocycles. The molecular formula is C21H24BrN3. The number of aryl methyl sites for hydroxylation is 3. The number of benzene rings is 2. The van der Waals surface area contributed by atoms with Gasteiger partial charge in [-0.25, -0.2) is 0 Å². The van der Waals surface area contributed by atoms with Gasteiger partial charge in [0.1, 0.15) is 0 Å². The maximum Gasteiger partial charge on any atom is 0.0853 e. The summed E-state index contributed by atoms with van der Waals surface area (Å²) >= 11 is 3.68. The van der Waals surface area contributed by atoms with Crippen molar-refractivity contribution in [2.75, 3.05) is 5.32 Å². The Labute approximate surface area is 158 Å². The van der Waals surface area contributed by atoms with Crippen molar-refractivity contribution in [1.82, 2.24) is 9.78 Å². The number of anilines is 1. The highest BCUT2D eigenvalue weighted by Gasteiger charge is 2.16. The van der Waals surface area contributed by atoms with E-state index in [1.807, 2.05) is 11.7 Å². The topological polar surface area (TPSA) is 29.9 Å². The van der Waals surface area contributed by atoms with E-state index in [4.69, 9.17) is 0 Å². The van der Waals surface area contributed by atoms with Crippen molar-refractivity contribution in [2.45, 2.75) is 32.7 Å². The van der Waals surface area contributed by atoms with Gasteiger partial charge in [0, 0.05) is 17.7 Å². The van der Waals surface area contributed by atoms with Crippen molar-refractivity contribution < 1.29 is 0 Å². The van der Waals surface area contributed by atoms with Gasteiger partial charge in [-0.3, -0.25) is 4.68 Å². The van der Waals surface area contributed by atoms with Crippen molar-refractivity contribution in [3.05, 3.63) is 81.6 Å². The van der Waals surface area contributed by atoms with Gasteiger partial charge in [-0.2, -0.15) is 5.10 Å². The van der Waals surface area contributed by atoms with E-state index >= 15 is 0 Å². The Morgan fingerprint density at radius 2 is 1.84 bits per heavy atom. The first-order valence-corrected chi connectivity index (χ1v) is 9.45. The second kappa shape index (κ2) is 7.87. The molecule has 0 spiro atoms. The zero-order chi connectivity index (χ0) is 17.8. The lowest BCUT2D eigenvalue weighted by molar-refractivity contribution is 0.746. The molecule has 0 fully saturated rings. The third-order valence-electron chi connectivity index (χ3n) is 4.43. The van der Waals surface area contributed by atoms with Gasteiger partial charge in [0.2, 0.25) is 0 Å². The molecule has 4 heteroatoms. The SMILES string of the molecule is CCc1nn(C)cc1NC(Cc1ccccc1Br)c1ccc(C)cc1. The summed E-state index contributed by atoms with van der Waals surface area (Å²) < 4.78 is 3.03. The summed E-state index contributed by atoms with van der Waals surface area (Å²) in [4.78, 5) is 0. The fraction of sp³-hybridized carbons (Fsp3) is 0.286. The van der Waals surface area contributed by atoms with E-state index in [9.17, 15) is 0 Å². The monoisotopic (exact) mass is 397 g/mol. The Morgan fingerprint density at radius 1 is 1.12 bits per heavy atom. The predicted octanol–water partition coefficient (Wildman–Crippen LogP) is 5.45. The maximum atomic E-state index is 4.56. The molecule has 0 aliphatic rings. The summed E-state index contributed by atoms with van der Waals surface area (Å²) in [6.45, 7) is 4.26. The first-order chi connectivity index (χ1) is 12.1. The number of nitrogens with zero attached hydrogens (tertiary/aromatic N) is 2. The minimum absolute atomic E-state index is 0.189. The second-order valence-corrected chi connectivity index (χ2v) is 7.27. The normalized spacial score (nSPS) is 12.2. The molecule has 1 unspecified atom stereocenters. The Morgan fingerprint density at radius 3 is 2.52 bits per heavy atom. The molecule has 0 aliphatic carbocycles. The fourth-order valence-electron chi connectivity index (χ4n) is 3.04. The molecule has 1 aromatic heterocycles. The van der Waals surface area contributed by atoms with E-state index in [1.54, 1.807) is 0 Å². The fourth-order valence-corrected chi connectivity index (χ4v) is 3.49. The van der Waals surface area contributed by atoms with E-state index in [1.165, 1.54) is 16.7 Å². The third kappa shape index (κ3) is 4.31. The van der Waals surface area contributed by atoms with Crippen LogP contribution in [0.15, 0.2) is 59.2 Å². The van der Waals surface area contributed by atoms with E-state index < -0.39 is 0 Å². The summed E-state index contributed by atoms with van der Waals surface area (Å²) in [6, 6.07) is 17.4. The molecule has 2 aromatic carbocycles. The Kier molecular flexibility index (Phi) is 5.59. The molecule has 130 valence electrons. The average molecular weight is 398 g/mol. The smallest absolute Gasteiger partial charge is 0.0853 e. The molecule has 3 aromatic rings. The van der Waals surface area contributed by atoms with Crippen LogP contribution in [-0.4, -0.2) is 9.78 Å². The Hall–Kier alpha value is -2.07. The van der Waals surface area contributed by atoms with Gasteiger partial charge in [-0.1, -0.05) is 70.9 Å². The molecular weight excluding hydrogens is 374 g/mol. The third-order valence-corrected chi connectivity index (χ3v) is 5.21. The molecule has 0 saturated heterocycles. The van der Waals surface area contributed by atoms with Crippen LogP contribution < -0.4 is 5.32 Å². The van der Waals surface area contributed by atoms with Crippen molar-refractivity contribution in [1.29, 1.82) is 0 Å². The molecule has 3 rings (SSSR count). The summed E-state index contributed by atoms with van der Waals surface area (Å²) in [7, 11) is 1.97. The molecule has 3 nitrogen and oxygen atoms in total. The second-order valence-electron chi connectivity index (χ2n) is 6.42. The first kappa shape index (κ1) is 17.7. The van der Waals surface area contributed by atoms with Gasteiger partial charge >= 0.3 is 0 Å². The first-order valence-electron chi connectivity index (χ1n) is 8.66. The highest BCUT2D eigenvalue weighted by atomic mass is 79.9. The van der Waals surface area contributed by atoms with Crippen molar-refractivity contribution in [3.8, 4) is 0 Å². The summed E-state index contributed by atoms with van der Waals surface area (Å²) in [6.07, 6.45) is 3.89. The van der Waals surface area contributed by atoms with Crippen LogP contribution in [0.3, 0.4) is 0 Å². The summed E-state index contributed by atoms with van der Waals surface area (Å²) in [5.41, 5.74) is 6.07. The zero-order valence-corrected chi connectivity index (χ0v) is 16.5. The number of hydrogen-bond acceptors (Lipinski definition) is 2. The summed E-state index contributed by atoms with van der Waals surface area (Å²) in [5, 5.41) is 8.29. The standard InChI is InChI=1S/C21H24BrN3/c1-4-19-21(14-25(3)24-19)23-20(16-11-9-15(2)10-12-16)13-17-7-5-6-8-18(17)22/h5-12,14,20,23H,4,13H2,1-3H3. The van der Waals surface area contributed by atoms with Gasteiger partial charge in [0.15, 0.2) is 0 Å². The molecule has 1 atom stereocenters. The highest BCUT2D eigenvalue weighted by Crippen LogP contribution is 2.28. The van der Waals surface area contributed by atoms with E-state index in [0.29, 0.717) is 0 Å². The van der Waals surface area contributed by atoms with Gasteiger partial charge in [0.25, 0.3) is 0 Å². The molecule has 0 radical (unpaired) electrons. The van der Waals surface area contributed by atoms with Crippen molar-refractivity contribution >= 4 is 21.6 Å². The number of nitrogens with one attached hydrogen (secondary N) is 1.